The van der Waals surface area contributed by atoms with Crippen molar-refractivity contribution in [2.45, 2.75) is 70.2 Å². The third-order valence-electron chi connectivity index (χ3n) is 7.61. The lowest BCUT2D eigenvalue weighted by Gasteiger charge is -2.33. The van der Waals surface area contributed by atoms with Gasteiger partial charge in [-0.15, -0.1) is 0 Å². The highest BCUT2D eigenvalue weighted by Crippen LogP contribution is 2.30. The minimum absolute atomic E-state index is 0.0335. The number of aliphatic hydroxyl groups excluding tert-OH is 1. The number of carboxylic acids is 2. The van der Waals surface area contributed by atoms with Crippen molar-refractivity contribution < 1.29 is 48.1 Å². The molecule has 1 saturated carbocycles. The first kappa shape index (κ1) is 34.1. The Morgan fingerprint density at radius 1 is 0.864 bits per heavy atom. The number of amides is 3. The van der Waals surface area contributed by atoms with Gasteiger partial charge in [-0.25, -0.2) is 8.78 Å². The van der Waals surface area contributed by atoms with E-state index in [1.807, 2.05) is 0 Å². The molecule has 2 aromatic carbocycles. The van der Waals surface area contributed by atoms with Crippen LogP contribution in [0, 0.1) is 29.4 Å². The van der Waals surface area contributed by atoms with Crippen LogP contribution in [0.5, 0.6) is 0 Å². The van der Waals surface area contributed by atoms with Crippen molar-refractivity contribution >= 4 is 29.7 Å². The quantitative estimate of drug-likeness (QED) is 0.198. The maximum absolute atomic E-state index is 13.9. The Morgan fingerprint density at radius 3 is 1.95 bits per heavy atom. The molecule has 5 atom stereocenters. The molecular weight excluding hydrogens is 580 g/mol. The van der Waals surface area contributed by atoms with E-state index in [-0.39, 0.29) is 36.8 Å². The smallest absolute Gasteiger partial charge is 0.306 e. The van der Waals surface area contributed by atoms with Gasteiger partial charge in [-0.1, -0.05) is 32.0 Å². The van der Waals surface area contributed by atoms with Crippen LogP contribution >= 0.6 is 0 Å². The number of aliphatic carboxylic acids is 2. The number of carboxylic acid groups (broad SMARTS) is 2. The van der Waals surface area contributed by atoms with Crippen molar-refractivity contribution in [1.29, 1.82) is 0 Å². The van der Waals surface area contributed by atoms with Gasteiger partial charge < -0.3 is 31.3 Å². The molecule has 2 aromatic rings. The SMILES string of the molecule is CC(C)[C@H](NC(=O)C[C@@H](O)[C@H](Cc1cc(F)cc(F)c1)NC(=O)c1ccccc1)C(=O)NC1CC(C(=O)O)CC(C(=O)O)C1. The van der Waals surface area contributed by atoms with Crippen LogP contribution in [0.2, 0.25) is 0 Å². The monoisotopic (exact) mass is 617 g/mol. The number of carbonyl (C=O) groups is 5. The van der Waals surface area contributed by atoms with Crippen LogP contribution in [0.4, 0.5) is 8.78 Å². The summed E-state index contributed by atoms with van der Waals surface area (Å²) in [5, 5.41) is 37.7. The summed E-state index contributed by atoms with van der Waals surface area (Å²) in [5.74, 6) is -8.37. The van der Waals surface area contributed by atoms with E-state index in [4.69, 9.17) is 0 Å². The van der Waals surface area contributed by atoms with E-state index in [0.29, 0.717) is 6.07 Å². The van der Waals surface area contributed by atoms with Crippen molar-refractivity contribution in [2.24, 2.45) is 17.8 Å². The summed E-state index contributed by atoms with van der Waals surface area (Å²) in [6.45, 7) is 3.31. The molecule has 0 saturated heterocycles. The second-order valence-electron chi connectivity index (χ2n) is 11.5. The van der Waals surface area contributed by atoms with E-state index in [2.05, 4.69) is 16.0 Å². The van der Waals surface area contributed by atoms with E-state index in [1.165, 1.54) is 12.1 Å². The fourth-order valence-electron chi connectivity index (χ4n) is 5.34. The van der Waals surface area contributed by atoms with Crippen LogP contribution in [0.1, 0.15) is 55.5 Å². The lowest BCUT2D eigenvalue weighted by atomic mass is 9.78. The Hall–Kier alpha value is -4.39. The van der Waals surface area contributed by atoms with Crippen LogP contribution < -0.4 is 16.0 Å². The molecule has 44 heavy (non-hydrogen) atoms. The van der Waals surface area contributed by atoms with E-state index in [9.17, 15) is 48.1 Å². The van der Waals surface area contributed by atoms with Crippen molar-refractivity contribution in [3.8, 4) is 0 Å². The number of benzene rings is 2. The van der Waals surface area contributed by atoms with E-state index in [1.54, 1.807) is 32.0 Å². The van der Waals surface area contributed by atoms with Crippen LogP contribution in [0.15, 0.2) is 48.5 Å². The van der Waals surface area contributed by atoms with E-state index in [0.717, 1.165) is 12.1 Å². The predicted octanol–water partition coefficient (Wildman–Crippen LogP) is 2.27. The summed E-state index contributed by atoms with van der Waals surface area (Å²) in [5.41, 5.74) is 0.390. The first-order valence-electron chi connectivity index (χ1n) is 14.3. The maximum Gasteiger partial charge on any atom is 0.306 e. The van der Waals surface area contributed by atoms with Crippen LogP contribution in [0.3, 0.4) is 0 Å². The fourth-order valence-corrected chi connectivity index (χ4v) is 5.34. The molecule has 6 N–H and O–H groups in total. The zero-order valence-corrected chi connectivity index (χ0v) is 24.3. The van der Waals surface area contributed by atoms with Crippen molar-refractivity contribution in [1.82, 2.24) is 16.0 Å². The lowest BCUT2D eigenvalue weighted by molar-refractivity contribution is -0.149. The van der Waals surface area contributed by atoms with Gasteiger partial charge in [0.1, 0.15) is 17.7 Å². The normalized spacial score (nSPS) is 20.2. The molecule has 0 spiro atoms. The first-order valence-corrected chi connectivity index (χ1v) is 14.3. The number of aliphatic hydroxyl groups is 1. The third-order valence-corrected chi connectivity index (χ3v) is 7.61. The zero-order valence-electron chi connectivity index (χ0n) is 24.3. The summed E-state index contributed by atoms with van der Waals surface area (Å²) in [7, 11) is 0. The number of rotatable bonds is 13. The van der Waals surface area contributed by atoms with Crippen molar-refractivity contribution in [2.75, 3.05) is 0 Å². The van der Waals surface area contributed by atoms with Crippen LogP contribution in [-0.2, 0) is 25.6 Å². The van der Waals surface area contributed by atoms with Gasteiger partial charge in [-0.2, -0.15) is 0 Å². The Balaban J connectivity index is 1.71. The molecule has 0 radical (unpaired) electrons. The molecule has 1 aliphatic carbocycles. The first-order chi connectivity index (χ1) is 20.7. The molecule has 238 valence electrons. The highest BCUT2D eigenvalue weighted by molar-refractivity contribution is 5.94. The predicted molar refractivity (Wildman–Crippen MR) is 153 cm³/mol. The largest absolute Gasteiger partial charge is 0.481 e. The zero-order chi connectivity index (χ0) is 32.6. The molecule has 2 unspecified atom stereocenters. The Labute approximate surface area is 253 Å². The van der Waals surface area contributed by atoms with Crippen LogP contribution in [0.25, 0.3) is 0 Å². The highest BCUT2D eigenvalue weighted by atomic mass is 19.1. The fraction of sp³-hybridized carbons (Fsp3) is 0.452. The molecule has 0 aromatic heterocycles. The second kappa shape index (κ2) is 15.4. The molecule has 11 nitrogen and oxygen atoms in total. The number of carbonyl (C=O) groups excluding carboxylic acids is 3. The number of nitrogens with one attached hydrogen (secondary N) is 3. The minimum Gasteiger partial charge on any atom is -0.481 e. The molecule has 0 bridgehead atoms. The standard InChI is InChI=1S/C31H37F2N3O8/c1-16(2)27(29(40)34-23-12-19(30(41)42)11-20(13-23)31(43)44)36-26(38)15-25(37)24(10-17-8-21(32)14-22(33)9-17)35-28(39)18-6-4-3-5-7-18/h3-9,14,16,19-20,23-25,27,37H,10-13,15H2,1-2H3,(H,34,40)(H,35,39)(H,36,38)(H,41,42)(H,43,44)/t19?,20?,23?,24-,25+,27-/m0/s1. The molecule has 3 amide bonds. The van der Waals surface area contributed by atoms with E-state index < -0.39 is 89.7 Å². The van der Waals surface area contributed by atoms with Crippen molar-refractivity contribution in [3.05, 3.63) is 71.3 Å². The minimum atomic E-state index is -1.53. The van der Waals surface area contributed by atoms with Gasteiger partial charge in [0.2, 0.25) is 11.8 Å². The summed E-state index contributed by atoms with van der Waals surface area (Å²) < 4.78 is 27.7. The van der Waals surface area contributed by atoms with Gasteiger partial charge in [0.25, 0.3) is 5.91 Å². The maximum atomic E-state index is 13.9. The average Bonchev–Trinajstić information content (AvgIpc) is 2.94. The van der Waals surface area contributed by atoms with Crippen molar-refractivity contribution in [3.63, 3.8) is 0 Å². The summed E-state index contributed by atoms with van der Waals surface area (Å²) in [6, 6.07) is 7.79. The van der Waals surface area contributed by atoms with Gasteiger partial charge in [0.15, 0.2) is 0 Å². The number of hydrogen-bond acceptors (Lipinski definition) is 6. The van der Waals surface area contributed by atoms with Gasteiger partial charge in [0, 0.05) is 17.7 Å². The Kier molecular flexibility index (Phi) is 11.9. The molecular formula is C31H37F2N3O8. The van der Waals surface area contributed by atoms with Gasteiger partial charge in [-0.3, -0.25) is 24.0 Å². The van der Waals surface area contributed by atoms with Gasteiger partial charge in [0.05, 0.1) is 30.4 Å². The Bertz CT molecular complexity index is 1310. The molecule has 1 fully saturated rings. The van der Waals surface area contributed by atoms with E-state index >= 15 is 0 Å². The third kappa shape index (κ3) is 9.83. The molecule has 13 heteroatoms. The average molecular weight is 618 g/mol. The summed E-state index contributed by atoms with van der Waals surface area (Å²) in [4.78, 5) is 62.1. The lowest BCUT2D eigenvalue weighted by Crippen LogP contribution is -2.55. The number of halogens is 2. The molecule has 1 aliphatic rings. The topological polar surface area (TPSA) is 182 Å². The molecule has 3 rings (SSSR count). The molecule has 0 heterocycles. The highest BCUT2D eigenvalue weighted by Gasteiger charge is 2.38. The second-order valence-corrected chi connectivity index (χ2v) is 11.5. The van der Waals surface area contributed by atoms with Gasteiger partial charge >= 0.3 is 11.9 Å². The summed E-state index contributed by atoms with van der Waals surface area (Å²) >= 11 is 0. The van der Waals surface area contributed by atoms with Gasteiger partial charge in [-0.05, 0) is 61.4 Å². The van der Waals surface area contributed by atoms with Crippen LogP contribution in [-0.4, -0.2) is 69.2 Å². The Morgan fingerprint density at radius 2 is 1.43 bits per heavy atom. The summed E-state index contributed by atoms with van der Waals surface area (Å²) in [6.07, 6.45) is -2.32. The number of hydrogen-bond donors (Lipinski definition) is 6. The molecule has 0 aliphatic heterocycles.